The molecule has 0 radical (unpaired) electrons. The van der Waals surface area contributed by atoms with Gasteiger partial charge in [-0.05, 0) is 47.0 Å². The van der Waals surface area contributed by atoms with E-state index in [4.69, 9.17) is 0 Å². The van der Waals surface area contributed by atoms with Crippen molar-refractivity contribution in [3.05, 3.63) is 46.1 Å². The summed E-state index contributed by atoms with van der Waals surface area (Å²) in [7, 11) is 0. The van der Waals surface area contributed by atoms with Crippen LogP contribution in [0.5, 0.6) is 0 Å². The van der Waals surface area contributed by atoms with Crippen LogP contribution in [0.3, 0.4) is 0 Å². The minimum atomic E-state index is -0.269. The topological polar surface area (TPSA) is 37.8 Å². The van der Waals surface area contributed by atoms with Gasteiger partial charge in [0.05, 0.1) is 0 Å². The van der Waals surface area contributed by atoms with E-state index >= 15 is 0 Å². The number of nitrogens with zero attached hydrogens (tertiary/aromatic N) is 2. The molecule has 100 valence electrons. The summed E-state index contributed by atoms with van der Waals surface area (Å²) in [6.45, 7) is 4.00. The van der Waals surface area contributed by atoms with Crippen LogP contribution in [0.15, 0.2) is 28.9 Å². The third-order valence-corrected chi connectivity index (χ3v) is 3.08. The standard InChI is InChI=1S/C14H15BrFN3/c1-3-4-13-18-12(15)8-14(19-13)17-11-7-10(16)6-5-9(11)2/h5-8H,3-4H2,1-2H3,(H,17,18,19). The number of halogens is 2. The lowest BCUT2D eigenvalue weighted by Crippen LogP contribution is -2.01. The first-order chi connectivity index (χ1) is 9.08. The summed E-state index contributed by atoms with van der Waals surface area (Å²) in [5.41, 5.74) is 1.68. The van der Waals surface area contributed by atoms with Gasteiger partial charge in [0.2, 0.25) is 0 Å². The zero-order chi connectivity index (χ0) is 13.8. The predicted molar refractivity (Wildman–Crippen MR) is 78.1 cm³/mol. The average molecular weight is 324 g/mol. The maximum absolute atomic E-state index is 13.2. The fraction of sp³-hybridized carbons (Fsp3) is 0.286. The Morgan fingerprint density at radius 3 is 2.79 bits per heavy atom. The van der Waals surface area contributed by atoms with Crippen LogP contribution in [0, 0.1) is 12.7 Å². The zero-order valence-electron chi connectivity index (χ0n) is 10.9. The van der Waals surface area contributed by atoms with Crippen LogP contribution in [0.2, 0.25) is 0 Å². The molecule has 0 bridgehead atoms. The molecule has 1 aromatic heterocycles. The Morgan fingerprint density at radius 2 is 2.05 bits per heavy atom. The molecule has 0 saturated heterocycles. The molecule has 5 heteroatoms. The molecule has 1 aromatic carbocycles. The van der Waals surface area contributed by atoms with Gasteiger partial charge in [0.15, 0.2) is 0 Å². The number of nitrogens with one attached hydrogen (secondary N) is 1. The summed E-state index contributed by atoms with van der Waals surface area (Å²) < 4.78 is 14.0. The molecule has 1 heterocycles. The summed E-state index contributed by atoms with van der Waals surface area (Å²) in [5, 5.41) is 3.13. The SMILES string of the molecule is CCCc1nc(Br)cc(Nc2cc(F)ccc2C)n1. The van der Waals surface area contributed by atoms with Gasteiger partial charge in [-0.15, -0.1) is 0 Å². The maximum Gasteiger partial charge on any atom is 0.135 e. The van der Waals surface area contributed by atoms with E-state index in [1.165, 1.54) is 12.1 Å². The number of hydrogen-bond acceptors (Lipinski definition) is 3. The van der Waals surface area contributed by atoms with Crippen molar-refractivity contribution in [3.63, 3.8) is 0 Å². The zero-order valence-corrected chi connectivity index (χ0v) is 12.5. The molecular formula is C14H15BrFN3. The molecule has 2 aromatic rings. The summed E-state index contributed by atoms with van der Waals surface area (Å²) in [6.07, 6.45) is 1.80. The first kappa shape index (κ1) is 13.9. The Bertz CT molecular complexity index is 587. The molecule has 1 N–H and O–H groups in total. The van der Waals surface area contributed by atoms with Gasteiger partial charge in [-0.3, -0.25) is 0 Å². The highest BCUT2D eigenvalue weighted by molar-refractivity contribution is 9.10. The molecule has 19 heavy (non-hydrogen) atoms. The maximum atomic E-state index is 13.2. The number of anilines is 2. The molecule has 0 amide bonds. The van der Waals surface area contributed by atoms with E-state index in [-0.39, 0.29) is 5.82 Å². The molecule has 0 atom stereocenters. The van der Waals surface area contributed by atoms with Gasteiger partial charge in [0.25, 0.3) is 0 Å². The Kier molecular flexibility index (Phi) is 4.47. The largest absolute Gasteiger partial charge is 0.340 e. The van der Waals surface area contributed by atoms with Crippen molar-refractivity contribution in [2.24, 2.45) is 0 Å². The van der Waals surface area contributed by atoms with Crippen LogP contribution in [-0.2, 0) is 6.42 Å². The number of aryl methyl sites for hydroxylation is 2. The molecule has 0 spiro atoms. The Balaban J connectivity index is 2.29. The normalized spacial score (nSPS) is 10.5. The number of aromatic nitrogens is 2. The molecule has 0 unspecified atom stereocenters. The first-order valence-electron chi connectivity index (χ1n) is 6.15. The van der Waals surface area contributed by atoms with Gasteiger partial charge >= 0.3 is 0 Å². The molecular weight excluding hydrogens is 309 g/mol. The van der Waals surface area contributed by atoms with Crippen molar-refractivity contribution in [1.82, 2.24) is 9.97 Å². The summed E-state index contributed by atoms with van der Waals surface area (Å²) in [6, 6.07) is 6.42. The number of benzene rings is 1. The highest BCUT2D eigenvalue weighted by Gasteiger charge is 2.05. The monoisotopic (exact) mass is 323 g/mol. The lowest BCUT2D eigenvalue weighted by Gasteiger charge is -2.10. The van der Waals surface area contributed by atoms with Crippen molar-refractivity contribution < 1.29 is 4.39 Å². The van der Waals surface area contributed by atoms with Gasteiger partial charge in [-0.2, -0.15) is 0 Å². The van der Waals surface area contributed by atoms with Gasteiger partial charge in [0.1, 0.15) is 22.1 Å². The minimum absolute atomic E-state index is 0.269. The average Bonchev–Trinajstić information content (AvgIpc) is 2.33. The lowest BCUT2D eigenvalue weighted by atomic mass is 10.2. The third-order valence-electron chi connectivity index (χ3n) is 2.68. The van der Waals surface area contributed by atoms with E-state index in [0.29, 0.717) is 11.5 Å². The third kappa shape index (κ3) is 3.73. The van der Waals surface area contributed by atoms with E-state index in [1.807, 2.05) is 6.92 Å². The number of hydrogen-bond donors (Lipinski definition) is 1. The van der Waals surface area contributed by atoms with Crippen LogP contribution >= 0.6 is 15.9 Å². The molecule has 2 rings (SSSR count). The number of rotatable bonds is 4. The second-order valence-electron chi connectivity index (χ2n) is 4.33. The predicted octanol–water partition coefficient (Wildman–Crippen LogP) is 4.38. The summed E-state index contributed by atoms with van der Waals surface area (Å²) >= 11 is 3.36. The lowest BCUT2D eigenvalue weighted by molar-refractivity contribution is 0.628. The van der Waals surface area contributed by atoms with Crippen LogP contribution in [0.4, 0.5) is 15.9 Å². The molecule has 0 saturated carbocycles. The van der Waals surface area contributed by atoms with E-state index in [2.05, 4.69) is 38.1 Å². The highest BCUT2D eigenvalue weighted by Crippen LogP contribution is 2.22. The van der Waals surface area contributed by atoms with Crippen LogP contribution in [0.1, 0.15) is 24.7 Å². The molecule has 0 aliphatic heterocycles. The Morgan fingerprint density at radius 1 is 1.26 bits per heavy atom. The van der Waals surface area contributed by atoms with E-state index in [9.17, 15) is 4.39 Å². The highest BCUT2D eigenvalue weighted by atomic mass is 79.9. The second-order valence-corrected chi connectivity index (χ2v) is 5.14. The second kappa shape index (κ2) is 6.10. The first-order valence-corrected chi connectivity index (χ1v) is 6.94. The fourth-order valence-electron chi connectivity index (χ4n) is 1.73. The van der Waals surface area contributed by atoms with Gasteiger partial charge < -0.3 is 5.32 Å². The van der Waals surface area contributed by atoms with Crippen molar-refractivity contribution >= 4 is 27.4 Å². The quantitative estimate of drug-likeness (QED) is 0.848. The van der Waals surface area contributed by atoms with Crippen LogP contribution in [-0.4, -0.2) is 9.97 Å². The van der Waals surface area contributed by atoms with Crippen LogP contribution in [0.25, 0.3) is 0 Å². The Hall–Kier alpha value is -1.49. The van der Waals surface area contributed by atoms with E-state index < -0.39 is 0 Å². The molecule has 0 aliphatic carbocycles. The van der Waals surface area contributed by atoms with Gasteiger partial charge in [-0.25, -0.2) is 14.4 Å². The van der Waals surface area contributed by atoms with Gasteiger partial charge in [0, 0.05) is 18.2 Å². The summed E-state index contributed by atoms with van der Waals surface area (Å²) in [5.74, 6) is 1.17. The Labute approximate surface area is 120 Å². The van der Waals surface area contributed by atoms with Crippen LogP contribution < -0.4 is 5.32 Å². The molecule has 3 nitrogen and oxygen atoms in total. The van der Waals surface area contributed by atoms with Gasteiger partial charge in [-0.1, -0.05) is 13.0 Å². The fourth-order valence-corrected chi connectivity index (χ4v) is 2.15. The van der Waals surface area contributed by atoms with Crippen molar-refractivity contribution in [2.45, 2.75) is 26.7 Å². The smallest absolute Gasteiger partial charge is 0.135 e. The van der Waals surface area contributed by atoms with E-state index in [1.54, 1.807) is 12.1 Å². The summed E-state index contributed by atoms with van der Waals surface area (Å²) in [4.78, 5) is 8.71. The molecule has 0 fully saturated rings. The van der Waals surface area contributed by atoms with E-state index in [0.717, 1.165) is 28.8 Å². The molecule has 0 aliphatic rings. The van der Waals surface area contributed by atoms with Crippen molar-refractivity contribution in [1.29, 1.82) is 0 Å². The van der Waals surface area contributed by atoms with Crippen molar-refractivity contribution in [2.75, 3.05) is 5.32 Å². The minimum Gasteiger partial charge on any atom is -0.340 e. The van der Waals surface area contributed by atoms with Crippen molar-refractivity contribution in [3.8, 4) is 0 Å².